The fourth-order valence-electron chi connectivity index (χ4n) is 2.22. The van der Waals surface area contributed by atoms with Gasteiger partial charge in [0.05, 0.1) is 0 Å². The maximum Gasteiger partial charge on any atom is 0.114 e. The number of benzene rings is 3. The Labute approximate surface area is 109 Å². The second-order valence-corrected chi connectivity index (χ2v) is 4.63. The van der Waals surface area contributed by atoms with Crippen LogP contribution in [0.25, 0.3) is 21.9 Å². The molecule has 3 rings (SSSR count). The quantitative estimate of drug-likeness (QED) is 0.558. The summed E-state index contributed by atoms with van der Waals surface area (Å²) in [6.45, 7) is 2.04. The first-order chi connectivity index (χ1) is 8.74. The van der Waals surface area contributed by atoms with E-state index in [-0.39, 0.29) is 0 Å². The molecule has 2 radical (unpaired) electrons. The lowest BCUT2D eigenvalue weighted by Gasteiger charge is -2.07. The highest BCUT2D eigenvalue weighted by Crippen LogP contribution is 2.24. The second kappa shape index (κ2) is 4.34. The summed E-state index contributed by atoms with van der Waals surface area (Å²) in [7, 11) is 5.86. The van der Waals surface area contributed by atoms with Gasteiger partial charge in [-0.3, -0.25) is 0 Å². The second-order valence-electron chi connectivity index (χ2n) is 4.63. The zero-order valence-corrected chi connectivity index (χ0v) is 10.4. The summed E-state index contributed by atoms with van der Waals surface area (Å²) in [6, 6.07) is 21.1. The first kappa shape index (κ1) is 11.1. The van der Waals surface area contributed by atoms with E-state index in [9.17, 15) is 0 Å². The minimum Gasteiger partial charge on any atom is -0.0938 e. The molecule has 0 aromatic heterocycles. The summed E-state index contributed by atoms with van der Waals surface area (Å²) in [5.74, 6) is 0. The van der Waals surface area contributed by atoms with E-state index in [1.165, 1.54) is 21.9 Å². The molecule has 0 heterocycles. The molecular weight excluding hydrogens is 215 g/mol. The Hall–Kier alpha value is -2.02. The molecule has 0 fully saturated rings. The van der Waals surface area contributed by atoms with Gasteiger partial charge in [-0.1, -0.05) is 65.6 Å². The van der Waals surface area contributed by atoms with Gasteiger partial charge in [0.15, 0.2) is 0 Å². The Kier molecular flexibility index (Phi) is 2.68. The Morgan fingerprint density at radius 2 is 1.39 bits per heavy atom. The minimum absolute atomic E-state index is 0.847. The van der Waals surface area contributed by atoms with Gasteiger partial charge < -0.3 is 0 Å². The molecule has 0 saturated heterocycles. The van der Waals surface area contributed by atoms with Crippen molar-refractivity contribution >= 4 is 24.1 Å². The molecule has 0 saturated carbocycles. The molecule has 0 aliphatic heterocycles. The minimum atomic E-state index is 0.847. The van der Waals surface area contributed by atoms with E-state index in [2.05, 4.69) is 54.6 Å². The number of rotatable bonds is 1. The van der Waals surface area contributed by atoms with Gasteiger partial charge in [0, 0.05) is 0 Å². The third kappa shape index (κ3) is 1.93. The molecular formula is C17H13B. The molecule has 3 aromatic rings. The molecule has 0 bridgehead atoms. The maximum absolute atomic E-state index is 5.86. The molecule has 84 valence electrons. The molecule has 0 atom stereocenters. The van der Waals surface area contributed by atoms with E-state index >= 15 is 0 Å². The third-order valence-corrected chi connectivity index (χ3v) is 3.35. The summed E-state index contributed by atoms with van der Waals surface area (Å²) < 4.78 is 0. The van der Waals surface area contributed by atoms with Crippen molar-refractivity contribution in [3.05, 3.63) is 66.2 Å². The topological polar surface area (TPSA) is 0 Å². The Balaban J connectivity index is 2.16. The van der Waals surface area contributed by atoms with E-state index in [1.54, 1.807) is 0 Å². The van der Waals surface area contributed by atoms with Gasteiger partial charge in [-0.2, -0.15) is 0 Å². The number of aryl methyl sites for hydroxylation is 1. The summed E-state index contributed by atoms with van der Waals surface area (Å²) in [5, 5.41) is 2.54. The Morgan fingerprint density at radius 3 is 2.17 bits per heavy atom. The van der Waals surface area contributed by atoms with Gasteiger partial charge >= 0.3 is 0 Å². The van der Waals surface area contributed by atoms with Crippen molar-refractivity contribution in [2.24, 2.45) is 0 Å². The maximum atomic E-state index is 5.86. The largest absolute Gasteiger partial charge is 0.114 e. The monoisotopic (exact) mass is 228 g/mol. The molecule has 0 spiro atoms. The highest BCUT2D eigenvalue weighted by atomic mass is 14.0. The van der Waals surface area contributed by atoms with Crippen LogP contribution < -0.4 is 5.46 Å². The summed E-state index contributed by atoms with van der Waals surface area (Å²) in [4.78, 5) is 0. The highest BCUT2D eigenvalue weighted by Gasteiger charge is 2.01. The first-order valence-electron chi connectivity index (χ1n) is 6.09. The number of fused-ring (bicyclic) bond motifs is 1. The molecule has 0 amide bonds. The first-order valence-corrected chi connectivity index (χ1v) is 6.09. The van der Waals surface area contributed by atoms with Crippen LogP contribution in [0.2, 0.25) is 0 Å². The Bertz CT molecular complexity index is 714. The zero-order valence-electron chi connectivity index (χ0n) is 10.4. The van der Waals surface area contributed by atoms with Crippen LogP contribution in [0.1, 0.15) is 5.56 Å². The predicted octanol–water partition coefficient (Wildman–Crippen LogP) is 3.61. The van der Waals surface area contributed by atoms with Crippen molar-refractivity contribution in [3.63, 3.8) is 0 Å². The van der Waals surface area contributed by atoms with Gasteiger partial charge in [-0.05, 0) is 34.9 Å². The zero-order chi connectivity index (χ0) is 12.5. The summed E-state index contributed by atoms with van der Waals surface area (Å²) >= 11 is 0. The molecule has 3 aromatic carbocycles. The van der Waals surface area contributed by atoms with E-state index in [0.29, 0.717) is 0 Å². The van der Waals surface area contributed by atoms with Gasteiger partial charge in [0.2, 0.25) is 0 Å². The van der Waals surface area contributed by atoms with Crippen molar-refractivity contribution in [1.82, 2.24) is 0 Å². The summed E-state index contributed by atoms with van der Waals surface area (Å²) in [6.07, 6.45) is 0. The van der Waals surface area contributed by atoms with E-state index in [4.69, 9.17) is 7.85 Å². The lowest BCUT2D eigenvalue weighted by Crippen LogP contribution is -2.05. The van der Waals surface area contributed by atoms with Crippen molar-refractivity contribution in [3.8, 4) is 11.1 Å². The van der Waals surface area contributed by atoms with Crippen LogP contribution in [0.4, 0.5) is 0 Å². The van der Waals surface area contributed by atoms with Gasteiger partial charge in [-0.25, -0.2) is 0 Å². The average Bonchev–Trinajstić information content (AvgIpc) is 2.41. The fourth-order valence-corrected chi connectivity index (χ4v) is 2.22. The normalized spacial score (nSPS) is 10.7. The lowest BCUT2D eigenvalue weighted by atomic mass is 9.88. The van der Waals surface area contributed by atoms with Crippen LogP contribution in [0.15, 0.2) is 60.7 Å². The average molecular weight is 228 g/mol. The van der Waals surface area contributed by atoms with Gasteiger partial charge in [0.1, 0.15) is 7.85 Å². The smallest absolute Gasteiger partial charge is 0.0938 e. The number of hydrogen-bond donors (Lipinski definition) is 0. The van der Waals surface area contributed by atoms with Gasteiger partial charge in [0.25, 0.3) is 0 Å². The van der Waals surface area contributed by atoms with Crippen LogP contribution in [-0.2, 0) is 0 Å². The third-order valence-electron chi connectivity index (χ3n) is 3.35. The van der Waals surface area contributed by atoms with Crippen molar-refractivity contribution in [2.45, 2.75) is 6.92 Å². The molecule has 0 aliphatic carbocycles. The molecule has 0 N–H and O–H groups in total. The van der Waals surface area contributed by atoms with Crippen LogP contribution >= 0.6 is 0 Å². The van der Waals surface area contributed by atoms with Crippen molar-refractivity contribution < 1.29 is 0 Å². The summed E-state index contributed by atoms with van der Waals surface area (Å²) in [5.41, 5.74) is 4.42. The van der Waals surface area contributed by atoms with E-state index in [1.807, 2.05) is 13.0 Å². The van der Waals surface area contributed by atoms with Crippen LogP contribution in [-0.4, -0.2) is 7.85 Å². The van der Waals surface area contributed by atoms with Crippen molar-refractivity contribution in [2.75, 3.05) is 0 Å². The standard InChI is InChI=1S/C17H13B/c1-12-10-15(8-9-17(12)18)16-7-6-13-4-2-3-5-14(13)11-16/h2-11H,1H3. The SMILES string of the molecule is [B]c1ccc(-c2ccc3ccccc3c2)cc1C. The van der Waals surface area contributed by atoms with Crippen LogP contribution in [0.3, 0.4) is 0 Å². The fraction of sp³-hybridized carbons (Fsp3) is 0.0588. The molecule has 1 heteroatoms. The lowest BCUT2D eigenvalue weighted by molar-refractivity contribution is 1.51. The molecule has 18 heavy (non-hydrogen) atoms. The highest BCUT2D eigenvalue weighted by molar-refractivity contribution is 6.33. The molecule has 0 aliphatic rings. The predicted molar refractivity (Wildman–Crippen MR) is 79.5 cm³/mol. The number of hydrogen-bond acceptors (Lipinski definition) is 0. The van der Waals surface area contributed by atoms with Gasteiger partial charge in [-0.15, -0.1) is 0 Å². The van der Waals surface area contributed by atoms with E-state index < -0.39 is 0 Å². The Morgan fingerprint density at radius 1 is 0.722 bits per heavy atom. The van der Waals surface area contributed by atoms with Crippen LogP contribution in [0.5, 0.6) is 0 Å². The van der Waals surface area contributed by atoms with Crippen molar-refractivity contribution in [1.29, 1.82) is 0 Å². The molecule has 0 unspecified atom stereocenters. The van der Waals surface area contributed by atoms with E-state index in [0.717, 1.165) is 11.0 Å². The molecule has 0 nitrogen and oxygen atoms in total. The van der Waals surface area contributed by atoms with Crippen LogP contribution in [0, 0.1) is 6.92 Å².